The first-order chi connectivity index (χ1) is 17.0. The van der Waals surface area contributed by atoms with Gasteiger partial charge >= 0.3 is 0 Å². The van der Waals surface area contributed by atoms with Gasteiger partial charge in [0.05, 0.1) is 15.6 Å². The number of amides is 2. The number of carbonyl (C=O) groups excluding carboxylic acids is 2. The molecule has 0 radical (unpaired) electrons. The maximum absolute atomic E-state index is 13.4. The standard InChI is InChI=1S/C24H22FN7O2S/c1-16-14-20(26-22(33)17-6-5-7-18(25)15-17)35-21(16)23(34)30-10-12-31(13-11-30)24-27-28-29-32(24)19-8-3-2-4-9-19/h2-9,14-15H,10-13H2,1H3,(H,26,33). The number of tetrazole rings is 1. The molecule has 0 aliphatic carbocycles. The summed E-state index contributed by atoms with van der Waals surface area (Å²) in [5, 5.41) is 15.4. The number of piperazine rings is 1. The van der Waals surface area contributed by atoms with Crippen LogP contribution in [0.4, 0.5) is 15.3 Å². The second-order valence-electron chi connectivity index (χ2n) is 8.09. The van der Waals surface area contributed by atoms with Gasteiger partial charge in [0.1, 0.15) is 5.82 Å². The summed E-state index contributed by atoms with van der Waals surface area (Å²) in [6, 6.07) is 16.9. The predicted octanol–water partition coefficient (Wildman–Crippen LogP) is 3.39. The number of aryl methyl sites for hydroxylation is 1. The average Bonchev–Trinajstić information content (AvgIpc) is 3.51. The minimum atomic E-state index is -0.479. The van der Waals surface area contributed by atoms with Gasteiger partial charge in [0.15, 0.2) is 0 Å². The van der Waals surface area contributed by atoms with E-state index in [2.05, 4.69) is 25.7 Å². The van der Waals surface area contributed by atoms with Gasteiger partial charge in [-0.15, -0.1) is 11.3 Å². The zero-order valence-corrected chi connectivity index (χ0v) is 19.7. The maximum Gasteiger partial charge on any atom is 0.264 e. The van der Waals surface area contributed by atoms with Crippen LogP contribution >= 0.6 is 11.3 Å². The molecule has 2 aromatic carbocycles. The summed E-state index contributed by atoms with van der Waals surface area (Å²) in [5.74, 6) is -0.346. The number of aromatic nitrogens is 4. The highest BCUT2D eigenvalue weighted by atomic mass is 32.1. The number of hydrogen-bond acceptors (Lipinski definition) is 7. The summed E-state index contributed by atoms with van der Waals surface area (Å²) in [5.41, 5.74) is 1.87. The Morgan fingerprint density at radius 3 is 2.51 bits per heavy atom. The van der Waals surface area contributed by atoms with Crippen molar-refractivity contribution in [1.82, 2.24) is 25.1 Å². The van der Waals surface area contributed by atoms with Gasteiger partial charge in [-0.3, -0.25) is 9.59 Å². The van der Waals surface area contributed by atoms with Crippen molar-refractivity contribution in [2.45, 2.75) is 6.92 Å². The Kier molecular flexibility index (Phi) is 6.23. The number of anilines is 2. The Labute approximate surface area is 204 Å². The monoisotopic (exact) mass is 491 g/mol. The molecule has 2 amide bonds. The van der Waals surface area contributed by atoms with Crippen LogP contribution < -0.4 is 10.2 Å². The molecule has 1 aliphatic rings. The fourth-order valence-electron chi connectivity index (χ4n) is 3.94. The summed E-state index contributed by atoms with van der Waals surface area (Å²) < 4.78 is 15.1. The van der Waals surface area contributed by atoms with E-state index in [1.807, 2.05) is 37.3 Å². The maximum atomic E-state index is 13.4. The second kappa shape index (κ2) is 9.63. The summed E-state index contributed by atoms with van der Waals surface area (Å²) >= 11 is 1.22. The zero-order valence-electron chi connectivity index (χ0n) is 18.9. The van der Waals surface area contributed by atoms with Crippen molar-refractivity contribution in [3.05, 3.63) is 82.5 Å². The van der Waals surface area contributed by atoms with E-state index in [9.17, 15) is 14.0 Å². The van der Waals surface area contributed by atoms with Crippen LogP contribution in [0.3, 0.4) is 0 Å². The van der Waals surface area contributed by atoms with E-state index in [0.29, 0.717) is 42.0 Å². The minimum absolute atomic E-state index is 0.0824. The van der Waals surface area contributed by atoms with Crippen molar-refractivity contribution in [1.29, 1.82) is 0 Å². The molecule has 9 nitrogen and oxygen atoms in total. The van der Waals surface area contributed by atoms with Crippen molar-refractivity contribution in [3.8, 4) is 5.69 Å². The van der Waals surface area contributed by atoms with Gasteiger partial charge in [-0.2, -0.15) is 4.68 Å². The van der Waals surface area contributed by atoms with Gasteiger partial charge < -0.3 is 15.1 Å². The summed E-state index contributed by atoms with van der Waals surface area (Å²) in [6.45, 7) is 4.05. The molecule has 1 N–H and O–H groups in total. The van der Waals surface area contributed by atoms with E-state index in [1.165, 1.54) is 29.5 Å². The number of halogens is 1. The van der Waals surface area contributed by atoms with Crippen LogP contribution in [-0.4, -0.2) is 63.1 Å². The first kappa shape index (κ1) is 22.7. The van der Waals surface area contributed by atoms with E-state index >= 15 is 0 Å². The van der Waals surface area contributed by atoms with Gasteiger partial charge in [0, 0.05) is 31.7 Å². The summed E-state index contributed by atoms with van der Waals surface area (Å²) in [7, 11) is 0. The lowest BCUT2D eigenvalue weighted by atomic mass is 10.2. The van der Waals surface area contributed by atoms with E-state index in [4.69, 9.17) is 0 Å². The van der Waals surface area contributed by atoms with Gasteiger partial charge in [-0.1, -0.05) is 29.4 Å². The van der Waals surface area contributed by atoms with E-state index < -0.39 is 11.7 Å². The molecule has 1 saturated heterocycles. The SMILES string of the molecule is Cc1cc(NC(=O)c2cccc(F)c2)sc1C(=O)N1CCN(c2nnnn2-c2ccccc2)CC1. The Morgan fingerprint density at radius 2 is 1.77 bits per heavy atom. The summed E-state index contributed by atoms with van der Waals surface area (Å²) in [4.78, 5) is 30.1. The molecule has 35 heavy (non-hydrogen) atoms. The third kappa shape index (κ3) is 4.76. The zero-order chi connectivity index (χ0) is 24.4. The van der Waals surface area contributed by atoms with Crippen molar-refractivity contribution in [2.24, 2.45) is 0 Å². The molecular formula is C24H22FN7O2S. The van der Waals surface area contributed by atoms with E-state index in [1.54, 1.807) is 21.7 Å². The number of nitrogens with one attached hydrogen (secondary N) is 1. The quantitative estimate of drug-likeness (QED) is 0.460. The molecule has 1 fully saturated rings. The van der Waals surface area contributed by atoms with Crippen molar-refractivity contribution >= 4 is 34.1 Å². The van der Waals surface area contributed by atoms with Crippen LogP contribution in [0.1, 0.15) is 25.6 Å². The molecule has 2 aromatic heterocycles. The molecule has 5 rings (SSSR count). The molecule has 0 atom stereocenters. The summed E-state index contributed by atoms with van der Waals surface area (Å²) in [6.07, 6.45) is 0. The van der Waals surface area contributed by atoms with Crippen molar-refractivity contribution < 1.29 is 14.0 Å². The van der Waals surface area contributed by atoms with Crippen LogP contribution in [0.2, 0.25) is 0 Å². The molecule has 11 heteroatoms. The average molecular weight is 492 g/mol. The highest BCUT2D eigenvalue weighted by Gasteiger charge is 2.27. The highest BCUT2D eigenvalue weighted by Crippen LogP contribution is 2.29. The largest absolute Gasteiger partial charge is 0.336 e. The van der Waals surface area contributed by atoms with Crippen molar-refractivity contribution in [2.75, 3.05) is 36.4 Å². The lowest BCUT2D eigenvalue weighted by Gasteiger charge is -2.34. The number of benzene rings is 2. The molecular weight excluding hydrogens is 469 g/mol. The number of rotatable bonds is 5. The Hall–Kier alpha value is -4.12. The number of thiophene rings is 1. The van der Waals surface area contributed by atoms with Gasteiger partial charge in [-0.25, -0.2) is 4.39 Å². The smallest absolute Gasteiger partial charge is 0.264 e. The molecule has 0 unspecified atom stereocenters. The highest BCUT2D eigenvalue weighted by molar-refractivity contribution is 7.18. The molecule has 178 valence electrons. The van der Waals surface area contributed by atoms with Gasteiger partial charge in [-0.05, 0) is 59.3 Å². The normalized spacial score (nSPS) is 13.7. The second-order valence-corrected chi connectivity index (χ2v) is 9.14. The molecule has 0 spiro atoms. The molecule has 0 bridgehead atoms. The number of nitrogens with zero attached hydrogens (tertiary/aromatic N) is 6. The van der Waals surface area contributed by atoms with Crippen LogP contribution in [0.15, 0.2) is 60.7 Å². The third-order valence-electron chi connectivity index (χ3n) is 5.74. The van der Waals surface area contributed by atoms with Crippen LogP contribution in [-0.2, 0) is 0 Å². The molecule has 1 aliphatic heterocycles. The van der Waals surface area contributed by atoms with E-state index in [0.717, 1.165) is 11.3 Å². The Bertz CT molecular complexity index is 1360. The lowest BCUT2D eigenvalue weighted by molar-refractivity contribution is 0.0750. The number of para-hydroxylation sites is 1. The number of carbonyl (C=O) groups is 2. The predicted molar refractivity (Wildman–Crippen MR) is 131 cm³/mol. The Balaban J connectivity index is 1.24. The Morgan fingerprint density at radius 1 is 1.00 bits per heavy atom. The first-order valence-electron chi connectivity index (χ1n) is 11.0. The van der Waals surface area contributed by atoms with Gasteiger partial charge in [0.25, 0.3) is 11.8 Å². The van der Waals surface area contributed by atoms with E-state index in [-0.39, 0.29) is 11.5 Å². The topological polar surface area (TPSA) is 96.2 Å². The first-order valence-corrected chi connectivity index (χ1v) is 11.9. The van der Waals surface area contributed by atoms with Crippen LogP contribution in [0.25, 0.3) is 5.69 Å². The fourth-order valence-corrected chi connectivity index (χ4v) is 4.97. The number of hydrogen-bond donors (Lipinski definition) is 1. The molecule has 4 aromatic rings. The van der Waals surface area contributed by atoms with Crippen molar-refractivity contribution in [3.63, 3.8) is 0 Å². The molecule has 3 heterocycles. The fraction of sp³-hybridized carbons (Fsp3) is 0.208. The van der Waals surface area contributed by atoms with Gasteiger partial charge in [0.2, 0.25) is 5.95 Å². The lowest BCUT2D eigenvalue weighted by Crippen LogP contribution is -2.49. The molecule has 0 saturated carbocycles. The minimum Gasteiger partial charge on any atom is -0.336 e. The van der Waals surface area contributed by atoms with Crippen LogP contribution in [0, 0.1) is 12.7 Å². The third-order valence-corrected chi connectivity index (χ3v) is 6.88. The van der Waals surface area contributed by atoms with Crippen LogP contribution in [0.5, 0.6) is 0 Å².